The average Bonchev–Trinajstić information content (AvgIpc) is 1.64. The predicted octanol–water partition coefficient (Wildman–Crippen LogP) is 19.0. The molecule has 3 heterocycles. The van der Waals surface area contributed by atoms with Crippen LogP contribution in [0.15, 0.2) is 279 Å². The maximum atomic E-state index is 13.1. The third kappa shape index (κ3) is 17.3. The number of hydrogen-bond donors (Lipinski definition) is 2. The predicted molar refractivity (Wildman–Crippen MR) is 370 cm³/mol. The van der Waals surface area contributed by atoms with E-state index >= 15 is 0 Å². The van der Waals surface area contributed by atoms with Crippen molar-refractivity contribution in [2.24, 2.45) is 0 Å². The van der Waals surface area contributed by atoms with Gasteiger partial charge < -0.3 is 10.7 Å². The summed E-state index contributed by atoms with van der Waals surface area (Å²) < 4.78 is 3.27. The smallest absolute Gasteiger partial charge is 0.293 e. The van der Waals surface area contributed by atoms with Gasteiger partial charge in [0.25, 0.3) is 22.7 Å². The number of nitrogens with two attached hydrogens (primary N) is 1. The molecule has 0 fully saturated rings. The molecule has 3 N–H and O–H groups in total. The maximum absolute atomic E-state index is 13.1. The van der Waals surface area contributed by atoms with Crippen LogP contribution in [0.25, 0.3) is 61.4 Å². The molecular weight excluding hydrogens is 1260 g/mol. The van der Waals surface area contributed by atoms with E-state index < -0.39 is 10.2 Å². The Bertz CT molecular complexity index is 4810. The van der Waals surface area contributed by atoms with Crippen LogP contribution in [0.4, 0.5) is 11.4 Å². The van der Waals surface area contributed by atoms with Gasteiger partial charge in [-0.05, 0) is 103 Å². The van der Waals surface area contributed by atoms with E-state index in [1.165, 1.54) is 18.2 Å². The van der Waals surface area contributed by atoms with Gasteiger partial charge in [0.1, 0.15) is 41.3 Å². The van der Waals surface area contributed by atoms with Gasteiger partial charge in [0, 0.05) is 65.6 Å². The molecule has 19 heteroatoms. The number of nitro benzene ring substituents is 1. The molecule has 0 saturated heterocycles. The van der Waals surface area contributed by atoms with Gasteiger partial charge in [0.05, 0.1) is 50.2 Å². The molecule has 1 aliphatic carbocycles. The molecule has 0 radical (unpaired) electrons. The lowest BCUT2D eigenvalue weighted by Gasteiger charge is -2.08. The number of benzene rings is 10. The van der Waals surface area contributed by atoms with E-state index in [0.717, 1.165) is 61.5 Å². The van der Waals surface area contributed by atoms with Crippen LogP contribution in [0.2, 0.25) is 20.1 Å². The second-order valence-electron chi connectivity index (χ2n) is 19.5. The number of aromatic amines is 1. The standard InChI is InChI=1S/C20H12ClN2O.C20H13ClN2O.C13H9ClN2.C7H5ClO.C7H6O.C6H5ClN2O2/c21-16-11-12-18-17(13-16)22-19(14-7-3-1-4-8-14)23(18)20(24)15-9-5-2-6-10-15;21-16-11-12-17-18(13-16)23(20(24)15-9-5-2-6-10-15)19(22-17)14-7-3-1-4-8-14;14-10-6-7-11-12(8-10)16-13(15-11)9-4-2-1-3-5-9;8-7(9)6-4-2-1-3-5-6;8-6-7-4-2-1-3-5-7;7-4-1-2-5(8)6(3-4)9(10)11/h2-13H;1-13H;1-8H,(H,15,16);1-5H;1-6H;1-3H,8H2/q+1;;;;;. The molecule has 0 spiro atoms. The lowest BCUT2D eigenvalue weighted by atomic mass is 10.1. The number of hydrogen-bond acceptors (Lipinski definition) is 10. The molecule has 0 bridgehead atoms. The van der Waals surface area contributed by atoms with E-state index in [9.17, 15) is 29.3 Å². The van der Waals surface area contributed by atoms with Gasteiger partial charge >= 0.3 is 0 Å². The number of nitrogens with one attached hydrogen (secondary N) is 1. The van der Waals surface area contributed by atoms with Gasteiger partial charge in [-0.2, -0.15) is 0 Å². The number of nitro groups is 1. The number of imidazole rings is 3. The first-order valence-electron chi connectivity index (χ1n) is 27.9. The summed E-state index contributed by atoms with van der Waals surface area (Å²) in [6.07, 6.45) is 11.2. The zero-order chi connectivity index (χ0) is 64.9. The highest BCUT2D eigenvalue weighted by atomic mass is 35.5. The highest BCUT2D eigenvalue weighted by Crippen LogP contribution is 2.30. The lowest BCUT2D eigenvalue weighted by molar-refractivity contribution is -0.383. The second kappa shape index (κ2) is 32.0. The van der Waals surface area contributed by atoms with Crippen LogP contribution in [0.5, 0.6) is 0 Å². The number of carbonyl (C=O) groups excluding carboxylic acids is 4. The fraction of sp³-hybridized carbons (Fsp3) is 0. The molecule has 3 aromatic heterocycles. The Kier molecular flexibility index (Phi) is 22.8. The Balaban J connectivity index is 0.000000137. The first-order valence-corrected chi connectivity index (χ1v) is 29.8. The van der Waals surface area contributed by atoms with Crippen molar-refractivity contribution in [3.8, 4) is 22.8 Å². The van der Waals surface area contributed by atoms with Gasteiger partial charge in [0.15, 0.2) is 5.82 Å². The summed E-state index contributed by atoms with van der Waals surface area (Å²) in [6, 6.07) is 76.4. The largest absolute Gasteiger partial charge is 0.393 e. The van der Waals surface area contributed by atoms with Crippen LogP contribution in [0, 0.1) is 16.2 Å². The summed E-state index contributed by atoms with van der Waals surface area (Å²) >= 11 is 28.8. The van der Waals surface area contributed by atoms with E-state index in [2.05, 4.69) is 26.0 Å². The molecule has 14 rings (SSSR count). The molecule has 10 aromatic carbocycles. The number of halogens is 5. The second-order valence-corrected chi connectivity index (χ2v) is 21.6. The Morgan fingerprint density at radius 3 is 1.51 bits per heavy atom. The number of carbonyl (C=O) groups is 4. The van der Waals surface area contributed by atoms with Crippen LogP contribution in [-0.4, -0.2) is 57.3 Å². The number of nitrogen functional groups attached to an aromatic ring is 1. The summed E-state index contributed by atoms with van der Waals surface area (Å²) in [5, 5.41) is 12.0. The van der Waals surface area contributed by atoms with Crippen molar-refractivity contribution in [1.82, 2.24) is 29.1 Å². The number of anilines is 1. The van der Waals surface area contributed by atoms with Crippen LogP contribution >= 0.6 is 58.0 Å². The van der Waals surface area contributed by atoms with Gasteiger partial charge in [-0.15, -0.1) is 0 Å². The van der Waals surface area contributed by atoms with Crippen molar-refractivity contribution in [3.63, 3.8) is 0 Å². The number of allylic oxidation sites excluding steroid dienone is 6. The number of aldehydes is 1. The Labute approximate surface area is 552 Å². The van der Waals surface area contributed by atoms with Crippen LogP contribution in [-0.2, 0) is 0 Å². The molecule has 0 aliphatic heterocycles. The minimum absolute atomic E-state index is 0.122. The molecule has 13 aromatic rings. The number of rotatable bonds is 8. The maximum Gasteiger partial charge on any atom is 0.293 e. The minimum atomic E-state index is -0.568. The molecule has 1 aliphatic rings. The van der Waals surface area contributed by atoms with Crippen molar-refractivity contribution in [3.05, 3.63) is 343 Å². The van der Waals surface area contributed by atoms with E-state index in [-0.39, 0.29) is 23.2 Å². The first kappa shape index (κ1) is 65.5. The summed E-state index contributed by atoms with van der Waals surface area (Å²) in [6.45, 7) is 0. The van der Waals surface area contributed by atoms with Crippen molar-refractivity contribution in [1.29, 1.82) is 0 Å². The first-order chi connectivity index (χ1) is 44.6. The van der Waals surface area contributed by atoms with Gasteiger partial charge in [-0.3, -0.25) is 38.4 Å². The zero-order valence-electron chi connectivity index (χ0n) is 48.2. The molecule has 452 valence electrons. The van der Waals surface area contributed by atoms with E-state index in [1.54, 1.807) is 106 Å². The number of H-pyrrole nitrogens is 1. The summed E-state index contributed by atoms with van der Waals surface area (Å²) in [7, 11) is 0. The number of nitrogens with zero attached hydrogens (tertiary/aromatic N) is 6. The monoisotopic (exact) mass is 1310 g/mol. The third-order valence-corrected chi connectivity index (χ3v) is 14.5. The fourth-order valence-corrected chi connectivity index (χ4v) is 9.73. The molecular formula is C73H50Cl5N8O6+. The highest BCUT2D eigenvalue weighted by Gasteiger charge is 2.24. The normalized spacial score (nSPS) is 10.9. The molecule has 0 saturated carbocycles. The highest BCUT2D eigenvalue weighted by molar-refractivity contribution is 6.67. The molecule has 0 atom stereocenters. The minimum Gasteiger partial charge on any atom is -0.393 e. The third-order valence-electron chi connectivity index (χ3n) is 13.3. The number of aromatic nitrogens is 6. The fourth-order valence-electron chi connectivity index (χ4n) is 8.93. The molecule has 92 heavy (non-hydrogen) atoms. The molecule has 14 nitrogen and oxygen atoms in total. The summed E-state index contributed by atoms with van der Waals surface area (Å²) in [4.78, 5) is 73.3. The van der Waals surface area contributed by atoms with Gasteiger partial charge in [0.2, 0.25) is 0 Å². The number of fused-ring (bicyclic) bond motifs is 3. The van der Waals surface area contributed by atoms with Gasteiger partial charge in [-0.25, -0.2) is 15.0 Å². The van der Waals surface area contributed by atoms with Crippen molar-refractivity contribution >= 4 is 131 Å². The Morgan fingerprint density at radius 1 is 0.511 bits per heavy atom. The molecule has 0 amide bonds. The topological polar surface area (TPSA) is 202 Å². The lowest BCUT2D eigenvalue weighted by Crippen LogP contribution is -2.14. The van der Waals surface area contributed by atoms with E-state index in [1.807, 2.05) is 164 Å². The quantitative estimate of drug-likeness (QED) is 0.0368. The Morgan fingerprint density at radius 2 is 0.989 bits per heavy atom. The van der Waals surface area contributed by atoms with E-state index in [4.69, 9.17) is 63.7 Å². The van der Waals surface area contributed by atoms with Crippen LogP contribution in [0.1, 0.15) is 47.3 Å². The SMILES string of the molecule is Clc1ccc2nc(-c3ccccc3)[nH]c2c1.Nc1ccc(Cl)cc1[N+](=O)[O-].O=C(Cl)c1ccccc1.O=C(c1ccccc1)n1c(-c2ccccc2)nc2ccc(Cl)cc21.O=C(c1ccccc1)n1c(C2=CC=[C+]C=C2)nc2cc(Cl)ccc21.O=Cc1ccccc1. The summed E-state index contributed by atoms with van der Waals surface area (Å²) in [5.74, 6) is 1.83. The van der Waals surface area contributed by atoms with E-state index in [0.29, 0.717) is 54.4 Å². The zero-order valence-corrected chi connectivity index (χ0v) is 52.0. The summed E-state index contributed by atoms with van der Waals surface area (Å²) in [5.41, 5.74) is 15.3. The molecule has 0 unspecified atom stereocenters. The van der Waals surface area contributed by atoms with Gasteiger partial charge in [-0.1, -0.05) is 204 Å². The van der Waals surface area contributed by atoms with Crippen molar-refractivity contribution in [2.75, 3.05) is 5.73 Å². The van der Waals surface area contributed by atoms with Crippen LogP contribution < -0.4 is 5.73 Å². The average molecular weight is 1310 g/mol. The van der Waals surface area contributed by atoms with Crippen molar-refractivity contribution < 1.29 is 24.1 Å². The van der Waals surface area contributed by atoms with Crippen LogP contribution in [0.3, 0.4) is 0 Å². The Hall–Kier alpha value is -10.9. The van der Waals surface area contributed by atoms with Crippen molar-refractivity contribution in [2.45, 2.75) is 0 Å².